The second-order valence-electron chi connectivity index (χ2n) is 4.33. The molecule has 0 aromatic carbocycles. The number of Topliss-reactive ketones (excluding diaryl/α,β-unsaturated/α-hetero) is 1. The highest BCUT2D eigenvalue weighted by Crippen LogP contribution is 2.09. The van der Waals surface area contributed by atoms with Crippen molar-refractivity contribution in [2.45, 2.75) is 20.4 Å². The van der Waals surface area contributed by atoms with Crippen LogP contribution in [0.3, 0.4) is 0 Å². The summed E-state index contributed by atoms with van der Waals surface area (Å²) in [5, 5.41) is 0. The van der Waals surface area contributed by atoms with Crippen LogP contribution in [-0.4, -0.2) is 24.5 Å². The van der Waals surface area contributed by atoms with Gasteiger partial charge in [0.25, 0.3) is 5.56 Å². The number of aryl methyl sites for hydroxylation is 2. The molecule has 0 spiro atoms. The minimum atomic E-state index is -0.435. The molecule has 0 radical (unpaired) electrons. The molecule has 7 nitrogen and oxygen atoms in total. The highest BCUT2D eigenvalue weighted by molar-refractivity contribution is 5.79. The van der Waals surface area contributed by atoms with E-state index in [0.717, 1.165) is 4.57 Å². The molecule has 2 aromatic heterocycles. The molecule has 0 atom stereocenters. The molecule has 7 heteroatoms. The van der Waals surface area contributed by atoms with Crippen molar-refractivity contribution in [3.63, 3.8) is 0 Å². The minimum Gasteiger partial charge on any atom is -0.315 e. The minimum absolute atomic E-state index is 0.0756. The number of carbonyl (C=O) groups is 1. The van der Waals surface area contributed by atoms with Crippen LogP contribution in [0.4, 0.5) is 0 Å². The molecule has 0 N–H and O–H groups in total. The molecule has 96 valence electrons. The van der Waals surface area contributed by atoms with Gasteiger partial charge >= 0.3 is 5.69 Å². The lowest BCUT2D eigenvalue weighted by atomic mass is 10.4. The van der Waals surface area contributed by atoms with Crippen LogP contribution in [0.25, 0.3) is 11.2 Å². The molecule has 18 heavy (non-hydrogen) atoms. The number of hydrogen-bond acceptors (Lipinski definition) is 4. The van der Waals surface area contributed by atoms with E-state index in [1.54, 1.807) is 18.5 Å². The summed E-state index contributed by atoms with van der Waals surface area (Å²) in [6, 6.07) is 0. The van der Waals surface area contributed by atoms with Crippen molar-refractivity contribution in [2.24, 2.45) is 14.1 Å². The Hall–Kier alpha value is -2.18. The number of fused-ring (bicyclic) bond motifs is 1. The number of imidazole rings is 1. The third-order valence-electron chi connectivity index (χ3n) is 2.92. The van der Waals surface area contributed by atoms with E-state index in [1.165, 1.54) is 18.5 Å². The van der Waals surface area contributed by atoms with E-state index in [4.69, 9.17) is 0 Å². The summed E-state index contributed by atoms with van der Waals surface area (Å²) in [5.74, 6) is 0.465. The second kappa shape index (κ2) is 3.94. The van der Waals surface area contributed by atoms with Crippen LogP contribution in [0.1, 0.15) is 12.7 Å². The van der Waals surface area contributed by atoms with E-state index in [9.17, 15) is 14.4 Å². The lowest BCUT2D eigenvalue weighted by Gasteiger charge is -2.05. The summed E-state index contributed by atoms with van der Waals surface area (Å²) in [4.78, 5) is 39.3. The van der Waals surface area contributed by atoms with E-state index in [-0.39, 0.29) is 17.8 Å². The first-order valence-electron chi connectivity index (χ1n) is 5.47. The number of rotatable bonds is 2. The summed E-state index contributed by atoms with van der Waals surface area (Å²) in [6.45, 7) is 3.22. The van der Waals surface area contributed by atoms with Crippen molar-refractivity contribution < 1.29 is 4.79 Å². The van der Waals surface area contributed by atoms with Gasteiger partial charge in [-0.15, -0.1) is 0 Å². The molecule has 0 unspecified atom stereocenters. The molecule has 0 fully saturated rings. The summed E-state index contributed by atoms with van der Waals surface area (Å²) in [6.07, 6.45) is 0. The van der Waals surface area contributed by atoms with Gasteiger partial charge in [0.15, 0.2) is 11.2 Å². The van der Waals surface area contributed by atoms with E-state index < -0.39 is 11.2 Å². The second-order valence-corrected chi connectivity index (χ2v) is 4.33. The Bertz CT molecular complexity index is 763. The van der Waals surface area contributed by atoms with Gasteiger partial charge in [0.05, 0.1) is 6.54 Å². The summed E-state index contributed by atoms with van der Waals surface area (Å²) in [7, 11) is 2.96. The first-order chi connectivity index (χ1) is 8.34. The normalized spacial score (nSPS) is 11.1. The third kappa shape index (κ3) is 1.59. The maximum atomic E-state index is 12.1. The fourth-order valence-electron chi connectivity index (χ4n) is 1.97. The maximum absolute atomic E-state index is 12.1. The predicted molar refractivity (Wildman–Crippen MR) is 65.6 cm³/mol. The van der Waals surface area contributed by atoms with Crippen molar-refractivity contribution in [3.05, 3.63) is 26.7 Å². The molecule has 2 rings (SSSR count). The number of aromatic nitrogens is 4. The predicted octanol–water partition coefficient (Wildman–Crippen LogP) is -0.669. The number of ketones is 1. The van der Waals surface area contributed by atoms with Crippen LogP contribution in [-0.2, 0) is 25.4 Å². The fourth-order valence-corrected chi connectivity index (χ4v) is 1.97. The van der Waals surface area contributed by atoms with Gasteiger partial charge in [-0.2, -0.15) is 0 Å². The van der Waals surface area contributed by atoms with Crippen LogP contribution in [0.2, 0.25) is 0 Å². The average Bonchev–Trinajstić information content (AvgIpc) is 2.61. The molecule has 0 bridgehead atoms. The Balaban J connectivity index is 2.99. The molecule has 2 aromatic rings. The van der Waals surface area contributed by atoms with E-state index >= 15 is 0 Å². The van der Waals surface area contributed by atoms with Crippen LogP contribution in [0.5, 0.6) is 0 Å². The van der Waals surface area contributed by atoms with Crippen molar-refractivity contribution in [1.82, 2.24) is 18.7 Å². The van der Waals surface area contributed by atoms with Crippen LogP contribution in [0.15, 0.2) is 9.59 Å². The molecular weight excluding hydrogens is 236 g/mol. The smallest absolute Gasteiger partial charge is 0.315 e. The first-order valence-corrected chi connectivity index (χ1v) is 5.47. The zero-order valence-electron chi connectivity index (χ0n) is 10.7. The molecule has 0 saturated carbocycles. The molecule has 0 saturated heterocycles. The quantitative estimate of drug-likeness (QED) is 0.708. The zero-order valence-corrected chi connectivity index (χ0v) is 10.7. The molecule has 0 aliphatic heterocycles. The SMILES string of the molecule is CC(=O)Cn1c(C)nc2c1c(=O)n(C)c(=O)n2C. The van der Waals surface area contributed by atoms with Crippen molar-refractivity contribution >= 4 is 16.9 Å². The molecule has 0 aliphatic rings. The van der Waals surface area contributed by atoms with Crippen molar-refractivity contribution in [2.75, 3.05) is 0 Å². The molecule has 0 amide bonds. The Labute approximate surface area is 102 Å². The van der Waals surface area contributed by atoms with Gasteiger partial charge < -0.3 is 4.57 Å². The van der Waals surface area contributed by atoms with Gasteiger partial charge in [-0.05, 0) is 13.8 Å². The zero-order chi connectivity index (χ0) is 13.6. The van der Waals surface area contributed by atoms with Crippen LogP contribution >= 0.6 is 0 Å². The van der Waals surface area contributed by atoms with Gasteiger partial charge in [0.1, 0.15) is 11.6 Å². The van der Waals surface area contributed by atoms with Crippen molar-refractivity contribution in [3.8, 4) is 0 Å². The van der Waals surface area contributed by atoms with Crippen LogP contribution in [0, 0.1) is 6.92 Å². The standard InChI is InChI=1S/C11H14N4O3/c1-6(16)5-15-7(2)12-9-8(15)10(17)14(4)11(18)13(9)3/h5H2,1-4H3. The van der Waals surface area contributed by atoms with Gasteiger partial charge in [0.2, 0.25) is 0 Å². The lowest BCUT2D eigenvalue weighted by Crippen LogP contribution is -2.37. The molecule has 0 aliphatic carbocycles. The Kier molecular flexibility index (Phi) is 2.68. The highest BCUT2D eigenvalue weighted by atomic mass is 16.2. The summed E-state index contributed by atoms with van der Waals surface area (Å²) >= 11 is 0. The highest BCUT2D eigenvalue weighted by Gasteiger charge is 2.17. The van der Waals surface area contributed by atoms with Crippen LogP contribution < -0.4 is 11.2 Å². The summed E-state index contributed by atoms with van der Waals surface area (Å²) in [5.41, 5.74) is -0.274. The van der Waals surface area contributed by atoms with Gasteiger partial charge in [-0.1, -0.05) is 0 Å². The maximum Gasteiger partial charge on any atom is 0.332 e. The Morgan fingerprint density at radius 2 is 1.83 bits per heavy atom. The lowest BCUT2D eigenvalue weighted by molar-refractivity contribution is -0.117. The average molecular weight is 250 g/mol. The Morgan fingerprint density at radius 1 is 1.22 bits per heavy atom. The Morgan fingerprint density at radius 3 is 2.39 bits per heavy atom. The number of carbonyl (C=O) groups excluding carboxylic acids is 1. The number of hydrogen-bond donors (Lipinski definition) is 0. The van der Waals surface area contributed by atoms with Gasteiger partial charge in [-0.25, -0.2) is 9.78 Å². The monoisotopic (exact) mass is 250 g/mol. The molecular formula is C11H14N4O3. The van der Waals surface area contributed by atoms with E-state index in [2.05, 4.69) is 4.98 Å². The fraction of sp³-hybridized carbons (Fsp3) is 0.455. The summed E-state index contributed by atoms with van der Waals surface area (Å²) < 4.78 is 3.86. The first kappa shape index (κ1) is 12.3. The largest absolute Gasteiger partial charge is 0.332 e. The van der Waals surface area contributed by atoms with Gasteiger partial charge in [-0.3, -0.25) is 18.7 Å². The van der Waals surface area contributed by atoms with Crippen molar-refractivity contribution in [1.29, 1.82) is 0 Å². The number of nitrogens with zero attached hydrogens (tertiary/aromatic N) is 4. The van der Waals surface area contributed by atoms with Gasteiger partial charge in [0, 0.05) is 14.1 Å². The third-order valence-corrected chi connectivity index (χ3v) is 2.92. The van der Waals surface area contributed by atoms with E-state index in [1.807, 2.05) is 0 Å². The molecule has 2 heterocycles. The van der Waals surface area contributed by atoms with E-state index in [0.29, 0.717) is 11.5 Å². The topological polar surface area (TPSA) is 78.9 Å².